The van der Waals surface area contributed by atoms with Gasteiger partial charge in [0.05, 0.1) is 11.1 Å². The summed E-state index contributed by atoms with van der Waals surface area (Å²) >= 11 is 1.34. The van der Waals surface area contributed by atoms with Crippen molar-refractivity contribution < 1.29 is 23.6 Å². The lowest BCUT2D eigenvalue weighted by atomic mass is 10.2. The Morgan fingerprint density at radius 2 is 2.08 bits per heavy atom. The number of thiophene rings is 1. The summed E-state index contributed by atoms with van der Waals surface area (Å²) < 4.78 is 9.83. The minimum atomic E-state index is -0.928. The van der Waals surface area contributed by atoms with Crippen molar-refractivity contribution in [2.24, 2.45) is 0 Å². The molecule has 0 aliphatic heterocycles. The first kappa shape index (κ1) is 16.0. The normalized spacial score (nSPS) is 11.9. The third-order valence-electron chi connectivity index (χ3n) is 3.06. The first-order chi connectivity index (χ1) is 11.6. The van der Waals surface area contributed by atoms with Crippen LogP contribution in [0.3, 0.4) is 0 Å². The van der Waals surface area contributed by atoms with E-state index in [1.165, 1.54) is 23.7 Å². The minimum Gasteiger partial charge on any atom is -0.464 e. The minimum absolute atomic E-state index is 0.0941. The Morgan fingerprint density at radius 3 is 2.79 bits per heavy atom. The molecule has 0 radical (unpaired) electrons. The monoisotopic (exact) mass is 347 g/mol. The highest BCUT2D eigenvalue weighted by Crippen LogP contribution is 2.31. The number of hydrogen-bond acceptors (Lipinski definition) is 7. The van der Waals surface area contributed by atoms with Crippen LogP contribution in [0.2, 0.25) is 0 Å². The molecule has 0 spiro atoms. The molecule has 2 amide bonds. The summed E-state index contributed by atoms with van der Waals surface area (Å²) in [6.45, 7) is -0.0941. The summed E-state index contributed by atoms with van der Waals surface area (Å²) in [6, 6.07) is 8.56. The summed E-state index contributed by atoms with van der Waals surface area (Å²) in [5, 5.41) is 18.2. The molecule has 0 bridgehead atoms. The molecule has 1 unspecified atom stereocenters. The molecule has 0 aliphatic carbocycles. The number of hydrogen-bond donors (Lipinski definition) is 3. The number of anilines is 1. The Hall–Kier alpha value is -2.91. The van der Waals surface area contributed by atoms with Crippen LogP contribution < -0.4 is 10.6 Å². The average Bonchev–Trinajstić information content (AvgIpc) is 3.32. The first-order valence-electron chi connectivity index (χ1n) is 6.94. The Labute approximate surface area is 140 Å². The average molecular weight is 347 g/mol. The fraction of sp³-hybridized carbons (Fsp3) is 0.133. The second-order valence-corrected chi connectivity index (χ2v) is 5.86. The van der Waals surface area contributed by atoms with E-state index < -0.39 is 17.9 Å². The van der Waals surface area contributed by atoms with Gasteiger partial charge in [-0.25, -0.2) is 0 Å². The molecule has 9 heteroatoms. The lowest BCUT2D eigenvalue weighted by molar-refractivity contribution is -0.136. The van der Waals surface area contributed by atoms with Crippen molar-refractivity contribution in [1.29, 1.82) is 0 Å². The van der Waals surface area contributed by atoms with Gasteiger partial charge in [-0.3, -0.25) is 14.9 Å². The fourth-order valence-electron chi connectivity index (χ4n) is 1.90. The molecule has 3 aromatic heterocycles. The van der Waals surface area contributed by atoms with Gasteiger partial charge in [-0.1, -0.05) is 5.16 Å². The second kappa shape index (κ2) is 7.11. The van der Waals surface area contributed by atoms with E-state index in [4.69, 9.17) is 4.42 Å². The van der Waals surface area contributed by atoms with Gasteiger partial charge in [-0.15, -0.1) is 11.3 Å². The van der Waals surface area contributed by atoms with Crippen LogP contribution in [0.1, 0.15) is 11.0 Å². The van der Waals surface area contributed by atoms with E-state index in [1.807, 2.05) is 12.1 Å². The summed E-state index contributed by atoms with van der Waals surface area (Å²) in [6.07, 6.45) is 1.91. The van der Waals surface area contributed by atoms with E-state index in [1.54, 1.807) is 18.4 Å². The molecule has 3 aromatic rings. The highest BCUT2D eigenvalue weighted by atomic mass is 32.1. The first-order valence-corrected chi connectivity index (χ1v) is 7.76. The van der Waals surface area contributed by atoms with Crippen LogP contribution in [-0.4, -0.2) is 28.6 Å². The maximum atomic E-state index is 11.7. The quantitative estimate of drug-likeness (QED) is 0.606. The topological polar surface area (TPSA) is 118 Å². The lowest BCUT2D eigenvalue weighted by Crippen LogP contribution is -2.37. The number of nitrogens with one attached hydrogen (secondary N) is 2. The molecule has 3 N–H and O–H groups in total. The van der Waals surface area contributed by atoms with Crippen LogP contribution in [0.25, 0.3) is 10.6 Å². The SMILES string of the molecule is O=C(NCC(O)c1ccc(-c2ccco2)s1)C(=O)Nc1ccon1. The maximum Gasteiger partial charge on any atom is 0.314 e. The van der Waals surface area contributed by atoms with E-state index in [-0.39, 0.29) is 12.4 Å². The van der Waals surface area contributed by atoms with E-state index >= 15 is 0 Å². The molecule has 8 nitrogen and oxygen atoms in total. The molecular formula is C15H13N3O5S. The van der Waals surface area contributed by atoms with Gasteiger partial charge in [0.2, 0.25) is 0 Å². The van der Waals surface area contributed by atoms with Gasteiger partial charge in [0.25, 0.3) is 0 Å². The van der Waals surface area contributed by atoms with Gasteiger partial charge in [0.1, 0.15) is 18.1 Å². The van der Waals surface area contributed by atoms with Crippen LogP contribution in [0.5, 0.6) is 0 Å². The van der Waals surface area contributed by atoms with Gasteiger partial charge in [-0.2, -0.15) is 0 Å². The third-order valence-corrected chi connectivity index (χ3v) is 4.26. The number of furan rings is 1. The van der Waals surface area contributed by atoms with Crippen LogP contribution in [0, 0.1) is 0 Å². The van der Waals surface area contributed by atoms with Crippen molar-refractivity contribution in [3.63, 3.8) is 0 Å². The summed E-state index contributed by atoms with van der Waals surface area (Å²) in [5.41, 5.74) is 0. The fourth-order valence-corrected chi connectivity index (χ4v) is 2.87. The van der Waals surface area contributed by atoms with E-state index in [2.05, 4.69) is 20.3 Å². The van der Waals surface area contributed by atoms with Gasteiger partial charge >= 0.3 is 11.8 Å². The standard InChI is InChI=1S/C15H13N3O5S/c19-9(11-3-4-12(24-11)10-2-1-6-22-10)8-16-14(20)15(21)17-13-5-7-23-18-13/h1-7,9,19H,8H2,(H,16,20)(H,17,18,21). The number of rotatable bonds is 5. The van der Waals surface area contributed by atoms with Gasteiger partial charge in [-0.05, 0) is 24.3 Å². The zero-order valence-electron chi connectivity index (χ0n) is 12.3. The van der Waals surface area contributed by atoms with Crippen LogP contribution in [0.15, 0.2) is 51.8 Å². The molecule has 0 saturated carbocycles. The molecule has 0 aromatic carbocycles. The summed E-state index contributed by atoms with van der Waals surface area (Å²) in [4.78, 5) is 24.8. The number of aliphatic hydroxyl groups excluding tert-OH is 1. The molecule has 1 atom stereocenters. The zero-order chi connectivity index (χ0) is 16.9. The summed E-state index contributed by atoms with van der Waals surface area (Å²) in [7, 11) is 0. The third kappa shape index (κ3) is 3.70. The Balaban J connectivity index is 1.52. The van der Waals surface area contributed by atoms with Crippen LogP contribution in [0.4, 0.5) is 5.82 Å². The Bertz CT molecular complexity index is 810. The van der Waals surface area contributed by atoms with E-state index in [0.717, 1.165) is 4.88 Å². The predicted molar refractivity (Wildman–Crippen MR) is 85.1 cm³/mol. The number of carbonyl (C=O) groups is 2. The van der Waals surface area contributed by atoms with E-state index in [0.29, 0.717) is 10.6 Å². The van der Waals surface area contributed by atoms with E-state index in [9.17, 15) is 14.7 Å². The highest BCUT2D eigenvalue weighted by Gasteiger charge is 2.18. The summed E-state index contributed by atoms with van der Waals surface area (Å²) in [5.74, 6) is -0.926. The number of nitrogens with zero attached hydrogens (tertiary/aromatic N) is 1. The second-order valence-electron chi connectivity index (χ2n) is 4.74. The molecule has 0 aliphatic rings. The van der Waals surface area contributed by atoms with Crippen molar-refractivity contribution in [1.82, 2.24) is 10.5 Å². The van der Waals surface area contributed by atoms with Crippen molar-refractivity contribution in [2.75, 3.05) is 11.9 Å². The maximum absolute atomic E-state index is 11.7. The highest BCUT2D eigenvalue weighted by molar-refractivity contribution is 7.15. The van der Waals surface area contributed by atoms with Crippen molar-refractivity contribution >= 4 is 29.0 Å². The largest absolute Gasteiger partial charge is 0.464 e. The number of amides is 2. The molecule has 24 heavy (non-hydrogen) atoms. The van der Waals surface area contributed by atoms with Crippen LogP contribution in [-0.2, 0) is 9.59 Å². The molecule has 3 heterocycles. The lowest BCUT2D eigenvalue weighted by Gasteiger charge is -2.09. The smallest absolute Gasteiger partial charge is 0.314 e. The van der Waals surface area contributed by atoms with Crippen molar-refractivity contribution in [3.05, 3.63) is 47.7 Å². The Kier molecular flexibility index (Phi) is 4.73. The van der Waals surface area contributed by atoms with Gasteiger partial charge in [0, 0.05) is 17.5 Å². The number of aromatic nitrogens is 1. The molecule has 0 fully saturated rings. The molecule has 124 valence electrons. The molecular weight excluding hydrogens is 334 g/mol. The van der Waals surface area contributed by atoms with Crippen molar-refractivity contribution in [3.8, 4) is 10.6 Å². The number of aliphatic hydroxyl groups is 1. The van der Waals surface area contributed by atoms with Crippen LogP contribution >= 0.6 is 11.3 Å². The number of carbonyl (C=O) groups excluding carboxylic acids is 2. The Morgan fingerprint density at radius 1 is 1.21 bits per heavy atom. The molecule has 3 rings (SSSR count). The van der Waals surface area contributed by atoms with Crippen molar-refractivity contribution in [2.45, 2.75) is 6.10 Å². The zero-order valence-corrected chi connectivity index (χ0v) is 13.1. The predicted octanol–water partition coefficient (Wildman–Crippen LogP) is 1.78. The van der Waals surface area contributed by atoms with Gasteiger partial charge < -0.3 is 19.4 Å². The van der Waals surface area contributed by atoms with Gasteiger partial charge in [0.15, 0.2) is 5.82 Å². The molecule has 0 saturated heterocycles.